The summed E-state index contributed by atoms with van der Waals surface area (Å²) < 4.78 is 69.7. The van der Waals surface area contributed by atoms with Gasteiger partial charge in [-0.05, 0) is 0 Å². The van der Waals surface area contributed by atoms with E-state index >= 15 is 0 Å². The minimum absolute atomic E-state index is 0.682. The predicted molar refractivity (Wildman–Crippen MR) is 35.2 cm³/mol. The number of halogens is 4. The molecular weight excluding hydrogens is 234 g/mol. The molecule has 1 N–H and O–H groups in total. The molecule has 0 heterocycles. The Morgan fingerprint density at radius 1 is 1.36 bits per heavy atom. The Morgan fingerprint density at radius 3 is 2.21 bits per heavy atom. The van der Waals surface area contributed by atoms with E-state index < -0.39 is 35.7 Å². The number of carbonyl (C=O) groups is 1. The maximum absolute atomic E-state index is 11.6. The molecule has 0 aliphatic rings. The van der Waals surface area contributed by atoms with Crippen molar-refractivity contribution in [3.63, 3.8) is 0 Å². The Balaban J connectivity index is 3.77. The van der Waals surface area contributed by atoms with Gasteiger partial charge in [0.1, 0.15) is 6.61 Å². The third kappa shape index (κ3) is 9.03. The van der Waals surface area contributed by atoms with E-state index in [-0.39, 0.29) is 0 Å². The van der Waals surface area contributed by atoms with Crippen LogP contribution in [0.25, 0.3) is 0 Å². The monoisotopic (exact) mass is 239 g/mol. The molecule has 0 aromatic carbocycles. The molecule has 0 rings (SSSR count). The summed E-state index contributed by atoms with van der Waals surface area (Å²) in [5.74, 6) is 0. The van der Waals surface area contributed by atoms with Gasteiger partial charge in [0.15, 0.2) is 0 Å². The Hall–Kier alpha value is -1.06. The van der Waals surface area contributed by atoms with Crippen molar-refractivity contribution >= 4 is 16.5 Å². The summed E-state index contributed by atoms with van der Waals surface area (Å²) in [6, 6.07) is 0. The second-order valence-electron chi connectivity index (χ2n) is 2.04. The Morgan fingerprint density at radius 2 is 1.86 bits per heavy atom. The SMILES string of the molecule is O=C(NS(=O)(=O)F)OCCC(F)(F)F. The highest BCUT2D eigenvalue weighted by atomic mass is 32.3. The van der Waals surface area contributed by atoms with E-state index in [0.717, 1.165) is 0 Å². The van der Waals surface area contributed by atoms with Gasteiger partial charge in [0.05, 0.1) is 6.42 Å². The van der Waals surface area contributed by atoms with Crippen molar-refractivity contribution < 1.29 is 35.0 Å². The number of hydrogen-bond donors (Lipinski definition) is 1. The van der Waals surface area contributed by atoms with Crippen molar-refractivity contribution in [2.24, 2.45) is 0 Å². The van der Waals surface area contributed by atoms with Crippen LogP contribution in [0.2, 0.25) is 0 Å². The van der Waals surface area contributed by atoms with Gasteiger partial charge in [0.25, 0.3) is 0 Å². The average Bonchev–Trinajstić information content (AvgIpc) is 1.78. The lowest BCUT2D eigenvalue weighted by atomic mass is 10.4. The van der Waals surface area contributed by atoms with E-state index in [0.29, 0.717) is 4.72 Å². The van der Waals surface area contributed by atoms with Gasteiger partial charge in [-0.2, -0.15) is 26.3 Å². The smallest absolute Gasteiger partial charge is 0.422 e. The lowest BCUT2D eigenvalue weighted by Gasteiger charge is -2.06. The first-order valence-electron chi connectivity index (χ1n) is 3.06. The molecule has 0 saturated heterocycles. The van der Waals surface area contributed by atoms with Crippen LogP contribution in [0.3, 0.4) is 0 Å². The summed E-state index contributed by atoms with van der Waals surface area (Å²) in [6.45, 7) is -1.08. The molecular formula is C4H5F4NO4S. The molecule has 0 radical (unpaired) electrons. The Kier molecular flexibility index (Phi) is 4.10. The molecule has 0 saturated carbocycles. The van der Waals surface area contributed by atoms with E-state index in [1.807, 2.05) is 0 Å². The largest absolute Gasteiger partial charge is 0.448 e. The first kappa shape index (κ1) is 12.9. The zero-order valence-electron chi connectivity index (χ0n) is 6.47. The van der Waals surface area contributed by atoms with Crippen molar-refractivity contribution in [2.45, 2.75) is 12.6 Å². The summed E-state index contributed by atoms with van der Waals surface area (Å²) in [6.07, 6.45) is -7.77. The third-order valence-corrected chi connectivity index (χ3v) is 1.23. The minimum Gasteiger partial charge on any atom is -0.448 e. The standard InChI is InChI=1S/C4H5F4NO4S/c5-4(6,7)1-2-13-3(10)9-14(8,11)12/h1-2H2,(H,9,10). The predicted octanol–water partition coefficient (Wildman–Crippen LogP) is 0.879. The van der Waals surface area contributed by atoms with Crippen LogP contribution in [0, 0.1) is 0 Å². The van der Waals surface area contributed by atoms with Crippen LogP contribution in [0.1, 0.15) is 6.42 Å². The molecule has 10 heteroatoms. The second kappa shape index (κ2) is 4.44. The maximum atomic E-state index is 11.6. The van der Waals surface area contributed by atoms with Crippen molar-refractivity contribution in [1.29, 1.82) is 0 Å². The summed E-state index contributed by atoms with van der Waals surface area (Å²) in [5, 5.41) is 0. The number of alkyl halides is 3. The molecule has 0 aromatic heterocycles. The fourth-order valence-electron chi connectivity index (χ4n) is 0.388. The van der Waals surface area contributed by atoms with Crippen LogP contribution >= 0.6 is 0 Å². The quantitative estimate of drug-likeness (QED) is 0.586. The Bertz CT molecular complexity index is 297. The molecule has 0 bridgehead atoms. The molecule has 0 aliphatic carbocycles. The van der Waals surface area contributed by atoms with Gasteiger partial charge < -0.3 is 4.74 Å². The third-order valence-electron chi connectivity index (χ3n) is 0.824. The molecule has 5 nitrogen and oxygen atoms in total. The topological polar surface area (TPSA) is 72.5 Å². The van der Waals surface area contributed by atoms with E-state index in [9.17, 15) is 30.3 Å². The lowest BCUT2D eigenvalue weighted by Crippen LogP contribution is -2.29. The minimum atomic E-state index is -5.30. The molecule has 0 fully saturated rings. The number of carbonyl (C=O) groups excluding carboxylic acids is 1. The lowest BCUT2D eigenvalue weighted by molar-refractivity contribution is -0.141. The normalized spacial score (nSPS) is 12.3. The van der Waals surface area contributed by atoms with E-state index in [2.05, 4.69) is 4.74 Å². The van der Waals surface area contributed by atoms with Crippen LogP contribution in [0.4, 0.5) is 21.9 Å². The highest BCUT2D eigenvalue weighted by molar-refractivity contribution is 7.84. The van der Waals surface area contributed by atoms with E-state index in [1.54, 1.807) is 0 Å². The fourth-order valence-corrected chi connectivity index (χ4v) is 0.646. The van der Waals surface area contributed by atoms with Gasteiger partial charge in [-0.25, -0.2) is 4.79 Å². The zero-order valence-corrected chi connectivity index (χ0v) is 7.28. The first-order valence-corrected chi connectivity index (χ1v) is 4.44. The van der Waals surface area contributed by atoms with E-state index in [1.165, 1.54) is 0 Å². The number of hydrogen-bond acceptors (Lipinski definition) is 4. The zero-order chi connectivity index (χ0) is 11.4. The molecule has 0 atom stereocenters. The summed E-state index contributed by atoms with van der Waals surface area (Å²) in [7, 11) is -5.30. The molecule has 0 unspecified atom stereocenters. The molecule has 0 aliphatic heterocycles. The Labute approximate surface area is 76.4 Å². The number of rotatable bonds is 3. The average molecular weight is 239 g/mol. The van der Waals surface area contributed by atoms with Crippen LogP contribution in [-0.4, -0.2) is 27.3 Å². The van der Waals surface area contributed by atoms with Crippen LogP contribution < -0.4 is 4.72 Å². The first-order chi connectivity index (χ1) is 6.10. The number of nitrogens with one attached hydrogen (secondary N) is 1. The highest BCUT2D eigenvalue weighted by Crippen LogP contribution is 2.18. The van der Waals surface area contributed by atoms with Crippen LogP contribution in [0.5, 0.6) is 0 Å². The van der Waals surface area contributed by atoms with Gasteiger partial charge in [-0.3, -0.25) is 0 Å². The fraction of sp³-hybridized carbons (Fsp3) is 0.750. The maximum Gasteiger partial charge on any atom is 0.422 e. The molecule has 0 aromatic rings. The van der Waals surface area contributed by atoms with Gasteiger partial charge in [0, 0.05) is 0 Å². The molecule has 84 valence electrons. The van der Waals surface area contributed by atoms with Gasteiger partial charge in [-0.15, -0.1) is 0 Å². The molecule has 14 heavy (non-hydrogen) atoms. The summed E-state index contributed by atoms with van der Waals surface area (Å²) in [5.41, 5.74) is 0. The van der Waals surface area contributed by atoms with Crippen molar-refractivity contribution in [3.8, 4) is 0 Å². The van der Waals surface area contributed by atoms with E-state index in [4.69, 9.17) is 0 Å². The molecule has 0 spiro atoms. The van der Waals surface area contributed by atoms with Gasteiger partial charge in [-0.1, -0.05) is 3.89 Å². The van der Waals surface area contributed by atoms with Crippen molar-refractivity contribution in [3.05, 3.63) is 0 Å². The van der Waals surface area contributed by atoms with Crippen LogP contribution in [0.15, 0.2) is 0 Å². The van der Waals surface area contributed by atoms with Crippen LogP contribution in [-0.2, 0) is 15.1 Å². The van der Waals surface area contributed by atoms with Gasteiger partial charge in [0.2, 0.25) is 0 Å². The number of ether oxygens (including phenoxy) is 1. The second-order valence-corrected chi connectivity index (χ2v) is 3.12. The van der Waals surface area contributed by atoms with Crippen molar-refractivity contribution in [2.75, 3.05) is 6.61 Å². The summed E-state index contributed by atoms with van der Waals surface area (Å²) >= 11 is 0. The summed E-state index contributed by atoms with van der Waals surface area (Å²) in [4.78, 5) is 10.2. The number of amides is 1. The van der Waals surface area contributed by atoms with Gasteiger partial charge >= 0.3 is 22.7 Å². The highest BCUT2D eigenvalue weighted by Gasteiger charge is 2.27. The molecule has 1 amide bonds. The van der Waals surface area contributed by atoms with Crippen molar-refractivity contribution in [1.82, 2.24) is 4.72 Å².